The molecule has 0 spiro atoms. The number of para-hydroxylation sites is 2. The molecule has 0 fully saturated rings. The van der Waals surface area contributed by atoms with Gasteiger partial charge in [-0.3, -0.25) is 14.0 Å². The summed E-state index contributed by atoms with van der Waals surface area (Å²) in [4.78, 5) is 31.2. The molecular formula is C19H18N4O2S. The number of rotatable bonds is 3. The molecule has 7 heteroatoms. The number of amides is 2. The van der Waals surface area contributed by atoms with E-state index in [9.17, 15) is 9.59 Å². The predicted octanol–water partition coefficient (Wildman–Crippen LogP) is 3.19. The molecule has 3 aromatic rings. The fourth-order valence-corrected chi connectivity index (χ4v) is 4.01. The Hall–Kier alpha value is -2.80. The molecule has 1 unspecified atom stereocenters. The molecule has 0 bridgehead atoms. The van der Waals surface area contributed by atoms with Crippen LogP contribution in [-0.2, 0) is 9.59 Å². The van der Waals surface area contributed by atoms with Gasteiger partial charge < -0.3 is 10.2 Å². The van der Waals surface area contributed by atoms with Gasteiger partial charge >= 0.3 is 0 Å². The van der Waals surface area contributed by atoms with Crippen LogP contribution in [0, 0.1) is 0 Å². The van der Waals surface area contributed by atoms with E-state index >= 15 is 0 Å². The number of carbonyl (C=O) groups excluding carboxylic acids is 2. The van der Waals surface area contributed by atoms with E-state index in [1.165, 1.54) is 11.8 Å². The normalized spacial score (nSPS) is 16.9. The van der Waals surface area contributed by atoms with Crippen LogP contribution in [0.25, 0.3) is 5.52 Å². The zero-order chi connectivity index (χ0) is 18.1. The lowest BCUT2D eigenvalue weighted by molar-refractivity contribution is -0.117. The molecule has 1 aliphatic heterocycles. The highest BCUT2D eigenvalue weighted by atomic mass is 32.2. The number of nitrogens with one attached hydrogen (secondary N) is 1. The van der Waals surface area contributed by atoms with Gasteiger partial charge in [-0.2, -0.15) is 0 Å². The van der Waals surface area contributed by atoms with Crippen molar-refractivity contribution >= 4 is 40.5 Å². The van der Waals surface area contributed by atoms with E-state index in [0.29, 0.717) is 5.69 Å². The average molecular weight is 366 g/mol. The Morgan fingerprint density at radius 3 is 2.96 bits per heavy atom. The first-order valence-electron chi connectivity index (χ1n) is 8.39. The minimum atomic E-state index is -0.205. The highest BCUT2D eigenvalue weighted by Gasteiger charge is 2.29. The second-order valence-corrected chi connectivity index (χ2v) is 7.15. The van der Waals surface area contributed by atoms with Crippen molar-refractivity contribution in [3.05, 3.63) is 54.9 Å². The molecule has 0 radical (unpaired) electrons. The van der Waals surface area contributed by atoms with Crippen molar-refractivity contribution in [2.45, 2.75) is 24.5 Å². The summed E-state index contributed by atoms with van der Waals surface area (Å²) >= 11 is 1.40. The molecule has 4 rings (SSSR count). The fourth-order valence-electron chi connectivity index (χ4n) is 3.19. The van der Waals surface area contributed by atoms with Crippen LogP contribution in [0.2, 0.25) is 0 Å². The number of thioether (sulfide) groups is 1. The maximum atomic E-state index is 13.0. The van der Waals surface area contributed by atoms with Gasteiger partial charge in [0.2, 0.25) is 11.8 Å². The number of pyridine rings is 1. The largest absolute Gasteiger partial charge is 0.324 e. The van der Waals surface area contributed by atoms with Gasteiger partial charge in [0, 0.05) is 18.7 Å². The van der Waals surface area contributed by atoms with E-state index < -0.39 is 0 Å². The monoisotopic (exact) mass is 366 g/mol. The number of benzene rings is 1. The van der Waals surface area contributed by atoms with Gasteiger partial charge in [-0.15, -0.1) is 0 Å². The van der Waals surface area contributed by atoms with Crippen molar-refractivity contribution in [1.29, 1.82) is 0 Å². The maximum Gasteiger partial charge on any atom is 0.237 e. The minimum Gasteiger partial charge on any atom is -0.324 e. The van der Waals surface area contributed by atoms with E-state index in [4.69, 9.17) is 0 Å². The zero-order valence-electron chi connectivity index (χ0n) is 14.3. The SMILES string of the molecule is CC1CC(=O)Nc2ccccc2N1C(=O)CSc1ncc2ccccn12. The number of aromatic nitrogens is 2. The number of hydrogen-bond acceptors (Lipinski definition) is 4. The van der Waals surface area contributed by atoms with E-state index in [1.54, 1.807) is 11.1 Å². The van der Waals surface area contributed by atoms with Gasteiger partial charge in [0.15, 0.2) is 5.16 Å². The van der Waals surface area contributed by atoms with Crippen molar-refractivity contribution in [1.82, 2.24) is 9.38 Å². The zero-order valence-corrected chi connectivity index (χ0v) is 15.1. The molecular weight excluding hydrogens is 348 g/mol. The second-order valence-electron chi connectivity index (χ2n) is 6.21. The van der Waals surface area contributed by atoms with E-state index in [0.717, 1.165) is 16.4 Å². The Bertz CT molecular complexity index is 984. The molecule has 2 amide bonds. The van der Waals surface area contributed by atoms with Crippen LogP contribution in [0.1, 0.15) is 13.3 Å². The highest BCUT2D eigenvalue weighted by Crippen LogP contribution is 2.32. The van der Waals surface area contributed by atoms with Crippen molar-refractivity contribution in [3.8, 4) is 0 Å². The molecule has 26 heavy (non-hydrogen) atoms. The van der Waals surface area contributed by atoms with Crippen LogP contribution in [0.3, 0.4) is 0 Å². The number of anilines is 2. The molecule has 1 aromatic carbocycles. The van der Waals surface area contributed by atoms with Gasteiger partial charge in [-0.05, 0) is 31.2 Å². The Kier molecular flexibility index (Phi) is 4.38. The summed E-state index contributed by atoms with van der Waals surface area (Å²) in [6, 6.07) is 13.1. The summed E-state index contributed by atoms with van der Waals surface area (Å²) in [5.41, 5.74) is 2.40. The molecule has 1 N–H and O–H groups in total. The van der Waals surface area contributed by atoms with Gasteiger partial charge in [0.05, 0.1) is 28.8 Å². The van der Waals surface area contributed by atoms with Crippen molar-refractivity contribution < 1.29 is 9.59 Å². The number of nitrogens with zero attached hydrogens (tertiary/aromatic N) is 3. The lowest BCUT2D eigenvalue weighted by Gasteiger charge is -2.27. The average Bonchev–Trinajstić information content (AvgIpc) is 2.99. The molecule has 132 valence electrons. The third-order valence-corrected chi connectivity index (χ3v) is 5.31. The second kappa shape index (κ2) is 6.84. The lowest BCUT2D eigenvalue weighted by Crippen LogP contribution is -2.40. The molecule has 0 saturated heterocycles. The van der Waals surface area contributed by atoms with Crippen molar-refractivity contribution in [2.24, 2.45) is 0 Å². The van der Waals surface area contributed by atoms with Crippen molar-refractivity contribution in [3.63, 3.8) is 0 Å². The first-order chi connectivity index (χ1) is 12.6. The van der Waals surface area contributed by atoms with Crippen LogP contribution in [0.4, 0.5) is 11.4 Å². The molecule has 2 aromatic heterocycles. The minimum absolute atomic E-state index is 0.0425. The number of imidazole rings is 1. The van der Waals surface area contributed by atoms with Crippen LogP contribution in [0.15, 0.2) is 60.0 Å². The highest BCUT2D eigenvalue weighted by molar-refractivity contribution is 7.99. The van der Waals surface area contributed by atoms with E-state index in [2.05, 4.69) is 10.3 Å². The smallest absolute Gasteiger partial charge is 0.237 e. The molecule has 0 saturated carbocycles. The molecule has 1 atom stereocenters. The van der Waals surface area contributed by atoms with E-state index in [-0.39, 0.29) is 30.0 Å². The Balaban J connectivity index is 1.58. The molecule has 1 aliphatic rings. The quantitative estimate of drug-likeness (QED) is 0.723. The number of fused-ring (bicyclic) bond motifs is 2. The summed E-state index contributed by atoms with van der Waals surface area (Å²) in [7, 11) is 0. The standard InChI is InChI=1S/C19H18N4O2S/c1-13-10-17(24)21-15-7-2-3-8-16(15)23(13)18(25)12-26-19-20-11-14-6-4-5-9-22(14)19/h2-9,11,13H,10,12H2,1H3,(H,21,24). The van der Waals surface area contributed by atoms with Gasteiger partial charge in [-0.25, -0.2) is 4.98 Å². The van der Waals surface area contributed by atoms with Gasteiger partial charge in [0.1, 0.15) is 0 Å². The van der Waals surface area contributed by atoms with Gasteiger partial charge in [-0.1, -0.05) is 30.0 Å². The van der Waals surface area contributed by atoms with Crippen LogP contribution in [-0.4, -0.2) is 33.0 Å². The number of hydrogen-bond donors (Lipinski definition) is 1. The maximum absolute atomic E-state index is 13.0. The summed E-state index contributed by atoms with van der Waals surface area (Å²) in [6.45, 7) is 1.90. The first kappa shape index (κ1) is 16.7. The Morgan fingerprint density at radius 1 is 1.27 bits per heavy atom. The van der Waals surface area contributed by atoms with Crippen LogP contribution in [0.5, 0.6) is 0 Å². The van der Waals surface area contributed by atoms with E-state index in [1.807, 2.05) is 60.0 Å². The lowest BCUT2D eigenvalue weighted by atomic mass is 10.2. The number of carbonyl (C=O) groups is 2. The van der Waals surface area contributed by atoms with Gasteiger partial charge in [0.25, 0.3) is 0 Å². The first-order valence-corrected chi connectivity index (χ1v) is 9.38. The molecule has 6 nitrogen and oxygen atoms in total. The summed E-state index contributed by atoms with van der Waals surface area (Å²) in [5.74, 6) is 0.132. The Morgan fingerprint density at radius 2 is 2.08 bits per heavy atom. The fraction of sp³-hybridized carbons (Fsp3) is 0.211. The molecule has 0 aliphatic carbocycles. The summed E-state index contributed by atoms with van der Waals surface area (Å²) in [6.07, 6.45) is 4.00. The Labute approximate surface area is 155 Å². The van der Waals surface area contributed by atoms with Crippen LogP contribution >= 0.6 is 11.8 Å². The summed E-state index contributed by atoms with van der Waals surface area (Å²) in [5, 5.41) is 3.65. The summed E-state index contributed by atoms with van der Waals surface area (Å²) < 4.78 is 1.96. The topological polar surface area (TPSA) is 66.7 Å². The predicted molar refractivity (Wildman–Crippen MR) is 103 cm³/mol. The van der Waals surface area contributed by atoms with Crippen molar-refractivity contribution in [2.75, 3.05) is 16.0 Å². The third kappa shape index (κ3) is 3.06. The van der Waals surface area contributed by atoms with Crippen LogP contribution < -0.4 is 10.2 Å². The molecule has 3 heterocycles. The third-order valence-electron chi connectivity index (χ3n) is 4.36.